The summed E-state index contributed by atoms with van der Waals surface area (Å²) < 4.78 is 10.4. The average Bonchev–Trinajstić information content (AvgIpc) is 3.13. The van der Waals surface area contributed by atoms with Gasteiger partial charge in [0.15, 0.2) is 0 Å². The standard InChI is InChI=1S/C20H22N4O4/c1-2-28-18-5-4-17(12-16(18)13-21)22-20(26)24-8-3-7-23(9-10-24)19(25)15-6-11-27-14-15/h4-6,11-12,14H,2-3,7-10H2,1H3,(H,22,26). The van der Waals surface area contributed by atoms with Gasteiger partial charge in [0.25, 0.3) is 5.91 Å². The Morgan fingerprint density at radius 1 is 1.21 bits per heavy atom. The van der Waals surface area contributed by atoms with Crippen LogP contribution in [0.15, 0.2) is 41.2 Å². The van der Waals surface area contributed by atoms with Crippen molar-refractivity contribution in [3.8, 4) is 11.8 Å². The molecule has 2 heterocycles. The first kappa shape index (κ1) is 19.3. The van der Waals surface area contributed by atoms with Crippen LogP contribution in [0.25, 0.3) is 0 Å². The van der Waals surface area contributed by atoms with Crippen LogP contribution >= 0.6 is 0 Å². The number of amides is 3. The molecule has 0 aliphatic carbocycles. The van der Waals surface area contributed by atoms with Crippen LogP contribution in [-0.4, -0.2) is 54.5 Å². The minimum Gasteiger partial charge on any atom is -0.492 e. The second-order valence-corrected chi connectivity index (χ2v) is 6.33. The number of nitrogens with zero attached hydrogens (tertiary/aromatic N) is 3. The molecule has 0 radical (unpaired) electrons. The minimum atomic E-state index is -0.259. The first-order valence-corrected chi connectivity index (χ1v) is 9.16. The highest BCUT2D eigenvalue weighted by molar-refractivity contribution is 5.94. The fourth-order valence-corrected chi connectivity index (χ4v) is 3.07. The number of urea groups is 1. The summed E-state index contributed by atoms with van der Waals surface area (Å²) in [6.07, 6.45) is 3.58. The van der Waals surface area contributed by atoms with Crippen molar-refractivity contribution in [1.29, 1.82) is 5.26 Å². The van der Waals surface area contributed by atoms with E-state index in [1.54, 1.807) is 34.1 Å². The first-order chi connectivity index (χ1) is 13.6. The lowest BCUT2D eigenvalue weighted by Crippen LogP contribution is -2.39. The normalized spacial score (nSPS) is 14.1. The van der Waals surface area contributed by atoms with Crippen LogP contribution < -0.4 is 10.1 Å². The van der Waals surface area contributed by atoms with Crippen LogP contribution in [-0.2, 0) is 0 Å². The molecular weight excluding hydrogens is 360 g/mol. The molecule has 0 atom stereocenters. The largest absolute Gasteiger partial charge is 0.492 e. The smallest absolute Gasteiger partial charge is 0.321 e. The summed E-state index contributed by atoms with van der Waals surface area (Å²) >= 11 is 0. The number of nitrogens with one attached hydrogen (secondary N) is 1. The number of hydrogen-bond acceptors (Lipinski definition) is 5. The van der Waals surface area contributed by atoms with Crippen molar-refractivity contribution < 1.29 is 18.7 Å². The van der Waals surface area contributed by atoms with Gasteiger partial charge < -0.3 is 24.3 Å². The molecule has 0 saturated carbocycles. The van der Waals surface area contributed by atoms with Crippen molar-refractivity contribution in [2.75, 3.05) is 38.1 Å². The molecule has 1 aliphatic rings. The maximum atomic E-state index is 12.6. The Kier molecular flexibility index (Phi) is 6.17. The van der Waals surface area contributed by atoms with Crippen LogP contribution in [0, 0.1) is 11.3 Å². The third kappa shape index (κ3) is 4.43. The molecule has 146 valence electrons. The van der Waals surface area contributed by atoms with E-state index < -0.39 is 0 Å². The van der Waals surface area contributed by atoms with E-state index in [0.717, 1.165) is 0 Å². The highest BCUT2D eigenvalue weighted by Crippen LogP contribution is 2.22. The summed E-state index contributed by atoms with van der Waals surface area (Å²) in [5.74, 6) is 0.396. The van der Waals surface area contributed by atoms with Crippen LogP contribution in [0.2, 0.25) is 0 Å². The molecule has 2 aromatic rings. The Morgan fingerprint density at radius 2 is 2.00 bits per heavy atom. The summed E-state index contributed by atoms with van der Waals surface area (Å²) in [5.41, 5.74) is 1.41. The molecule has 28 heavy (non-hydrogen) atoms. The van der Waals surface area contributed by atoms with Gasteiger partial charge in [-0.15, -0.1) is 0 Å². The second-order valence-electron chi connectivity index (χ2n) is 6.33. The quantitative estimate of drug-likeness (QED) is 0.877. The van der Waals surface area contributed by atoms with Crippen LogP contribution in [0.3, 0.4) is 0 Å². The van der Waals surface area contributed by atoms with E-state index in [2.05, 4.69) is 11.4 Å². The topological polar surface area (TPSA) is 98.8 Å². The molecule has 8 nitrogen and oxygen atoms in total. The van der Waals surface area contributed by atoms with Crippen LogP contribution in [0.5, 0.6) is 5.75 Å². The molecule has 1 aromatic heterocycles. The van der Waals surface area contributed by atoms with Gasteiger partial charge in [0.1, 0.15) is 18.1 Å². The molecule has 1 aromatic carbocycles. The predicted molar refractivity (Wildman–Crippen MR) is 102 cm³/mol. The highest BCUT2D eigenvalue weighted by atomic mass is 16.5. The number of benzene rings is 1. The number of ether oxygens (including phenoxy) is 1. The molecule has 1 fully saturated rings. The highest BCUT2D eigenvalue weighted by Gasteiger charge is 2.23. The second kappa shape index (κ2) is 8.95. The van der Waals surface area contributed by atoms with Crippen molar-refractivity contribution in [3.63, 3.8) is 0 Å². The average molecular weight is 382 g/mol. The zero-order valence-electron chi connectivity index (χ0n) is 15.7. The van der Waals surface area contributed by atoms with Gasteiger partial charge in [-0.05, 0) is 37.6 Å². The van der Waals surface area contributed by atoms with Crippen LogP contribution in [0.1, 0.15) is 29.3 Å². The van der Waals surface area contributed by atoms with E-state index in [1.807, 2.05) is 6.92 Å². The lowest BCUT2D eigenvalue weighted by atomic mass is 10.2. The Morgan fingerprint density at radius 3 is 2.71 bits per heavy atom. The number of furan rings is 1. The lowest BCUT2D eigenvalue weighted by molar-refractivity contribution is 0.0762. The number of hydrogen-bond donors (Lipinski definition) is 1. The Bertz CT molecular complexity index is 873. The van der Waals surface area contributed by atoms with E-state index in [-0.39, 0.29) is 11.9 Å². The Hall–Kier alpha value is -3.47. The van der Waals surface area contributed by atoms with Gasteiger partial charge in [0, 0.05) is 31.9 Å². The number of anilines is 1. The number of carbonyl (C=O) groups excluding carboxylic acids is 2. The van der Waals surface area contributed by atoms with Gasteiger partial charge in [-0.1, -0.05) is 0 Å². The molecule has 8 heteroatoms. The fourth-order valence-electron chi connectivity index (χ4n) is 3.07. The molecular formula is C20H22N4O4. The van der Waals surface area contributed by atoms with E-state index in [4.69, 9.17) is 9.15 Å². The lowest BCUT2D eigenvalue weighted by Gasteiger charge is -2.22. The van der Waals surface area contributed by atoms with Gasteiger partial charge in [0.05, 0.1) is 24.0 Å². The molecule has 1 saturated heterocycles. The van der Waals surface area contributed by atoms with E-state index in [9.17, 15) is 14.9 Å². The summed E-state index contributed by atoms with van der Waals surface area (Å²) in [5, 5.41) is 12.1. The van der Waals surface area contributed by atoms with Crippen LogP contribution in [0.4, 0.5) is 10.5 Å². The molecule has 0 bridgehead atoms. The molecule has 1 N–H and O–H groups in total. The SMILES string of the molecule is CCOc1ccc(NC(=O)N2CCCN(C(=O)c3ccoc3)CC2)cc1C#N. The van der Waals surface area contributed by atoms with Crippen molar-refractivity contribution in [2.45, 2.75) is 13.3 Å². The first-order valence-electron chi connectivity index (χ1n) is 9.16. The summed E-state index contributed by atoms with van der Waals surface area (Å²) in [6, 6.07) is 8.42. The van der Waals surface area contributed by atoms with E-state index in [0.29, 0.717) is 61.8 Å². The maximum absolute atomic E-state index is 12.6. The molecule has 3 amide bonds. The molecule has 1 aliphatic heterocycles. The van der Waals surface area contributed by atoms with Gasteiger partial charge in [-0.25, -0.2) is 4.79 Å². The predicted octanol–water partition coefficient (Wildman–Crippen LogP) is 2.93. The Balaban J connectivity index is 1.61. The van der Waals surface area contributed by atoms with Gasteiger partial charge in [-0.2, -0.15) is 5.26 Å². The monoisotopic (exact) mass is 382 g/mol. The number of carbonyl (C=O) groups is 2. The summed E-state index contributed by atoms with van der Waals surface area (Å²) in [6.45, 7) is 4.30. The van der Waals surface area contributed by atoms with Crippen molar-refractivity contribution in [3.05, 3.63) is 47.9 Å². The zero-order chi connectivity index (χ0) is 19.9. The minimum absolute atomic E-state index is 0.0961. The third-order valence-corrected chi connectivity index (χ3v) is 4.49. The molecule has 3 rings (SSSR count). The zero-order valence-corrected chi connectivity index (χ0v) is 15.7. The molecule has 0 spiro atoms. The van der Waals surface area contributed by atoms with Gasteiger partial charge in [0.2, 0.25) is 0 Å². The number of nitriles is 1. The summed E-state index contributed by atoms with van der Waals surface area (Å²) in [4.78, 5) is 28.5. The summed E-state index contributed by atoms with van der Waals surface area (Å²) in [7, 11) is 0. The van der Waals surface area contributed by atoms with E-state index >= 15 is 0 Å². The van der Waals surface area contributed by atoms with Gasteiger partial charge >= 0.3 is 6.03 Å². The van der Waals surface area contributed by atoms with Crippen molar-refractivity contribution >= 4 is 17.6 Å². The maximum Gasteiger partial charge on any atom is 0.321 e. The van der Waals surface area contributed by atoms with Gasteiger partial charge in [-0.3, -0.25) is 4.79 Å². The Labute approximate surface area is 163 Å². The van der Waals surface area contributed by atoms with E-state index in [1.165, 1.54) is 12.5 Å². The third-order valence-electron chi connectivity index (χ3n) is 4.49. The van der Waals surface area contributed by atoms with Crippen molar-refractivity contribution in [1.82, 2.24) is 9.80 Å². The number of rotatable bonds is 4. The molecule has 0 unspecified atom stereocenters. The van der Waals surface area contributed by atoms with Crippen molar-refractivity contribution in [2.24, 2.45) is 0 Å². The fraction of sp³-hybridized carbons (Fsp3) is 0.350.